The Balaban J connectivity index is 2.64. The van der Waals surface area contributed by atoms with Crippen LogP contribution in [0.1, 0.15) is 31.7 Å². The van der Waals surface area contributed by atoms with E-state index in [1.165, 1.54) is 7.11 Å². The smallest absolute Gasteiger partial charge is 0.222 e. The van der Waals surface area contributed by atoms with Gasteiger partial charge in [-0.3, -0.25) is 4.79 Å². The van der Waals surface area contributed by atoms with Crippen molar-refractivity contribution in [2.75, 3.05) is 14.2 Å². The molecule has 100 valence electrons. The van der Waals surface area contributed by atoms with Gasteiger partial charge in [0.25, 0.3) is 0 Å². The van der Waals surface area contributed by atoms with Crippen LogP contribution >= 0.6 is 0 Å². The number of unbranched alkanes of at least 4 members (excludes halogenated alkanes) is 1. The van der Waals surface area contributed by atoms with Crippen molar-refractivity contribution in [1.82, 2.24) is 4.90 Å². The number of benzene rings is 1. The summed E-state index contributed by atoms with van der Waals surface area (Å²) in [6.45, 7) is 2.59. The summed E-state index contributed by atoms with van der Waals surface area (Å²) in [6.07, 6.45) is 2.52. The second kappa shape index (κ2) is 6.89. The van der Waals surface area contributed by atoms with Crippen LogP contribution in [0.5, 0.6) is 11.5 Å². The van der Waals surface area contributed by atoms with Gasteiger partial charge in [-0.1, -0.05) is 19.4 Å². The predicted molar refractivity (Wildman–Crippen MR) is 70.7 cm³/mol. The maximum absolute atomic E-state index is 11.8. The fourth-order valence-electron chi connectivity index (χ4n) is 1.70. The first-order valence-corrected chi connectivity index (χ1v) is 6.18. The van der Waals surface area contributed by atoms with E-state index in [1.807, 2.05) is 0 Å². The topological polar surface area (TPSA) is 49.8 Å². The molecule has 1 amide bonds. The highest BCUT2D eigenvalue weighted by Gasteiger charge is 2.10. The molecule has 1 N–H and O–H groups in total. The number of hydrogen-bond acceptors (Lipinski definition) is 3. The number of amides is 1. The average molecular weight is 251 g/mol. The number of methoxy groups -OCH3 is 1. The summed E-state index contributed by atoms with van der Waals surface area (Å²) in [6, 6.07) is 5.12. The Kier molecular flexibility index (Phi) is 5.49. The number of carbonyl (C=O) groups is 1. The molecule has 1 rings (SSSR count). The summed E-state index contributed by atoms with van der Waals surface area (Å²) in [7, 11) is 3.30. The van der Waals surface area contributed by atoms with Gasteiger partial charge >= 0.3 is 0 Å². The maximum atomic E-state index is 11.8. The van der Waals surface area contributed by atoms with Crippen LogP contribution in [0.4, 0.5) is 0 Å². The molecule has 0 aliphatic rings. The van der Waals surface area contributed by atoms with E-state index in [4.69, 9.17) is 4.74 Å². The number of ether oxygens (including phenoxy) is 1. The monoisotopic (exact) mass is 251 g/mol. The zero-order chi connectivity index (χ0) is 13.5. The van der Waals surface area contributed by atoms with Crippen LogP contribution < -0.4 is 4.74 Å². The molecule has 0 atom stereocenters. The molecule has 4 heteroatoms. The lowest BCUT2D eigenvalue weighted by molar-refractivity contribution is -0.130. The highest BCUT2D eigenvalue weighted by Crippen LogP contribution is 2.26. The van der Waals surface area contributed by atoms with Crippen molar-refractivity contribution in [1.29, 1.82) is 0 Å². The highest BCUT2D eigenvalue weighted by atomic mass is 16.5. The molecule has 0 heterocycles. The van der Waals surface area contributed by atoms with E-state index in [0.717, 1.165) is 18.4 Å². The molecule has 18 heavy (non-hydrogen) atoms. The number of aromatic hydroxyl groups is 1. The van der Waals surface area contributed by atoms with Crippen LogP contribution in [0.25, 0.3) is 0 Å². The first-order valence-electron chi connectivity index (χ1n) is 6.18. The van der Waals surface area contributed by atoms with Crippen molar-refractivity contribution in [2.24, 2.45) is 0 Å². The van der Waals surface area contributed by atoms with Crippen LogP contribution in [0.3, 0.4) is 0 Å². The van der Waals surface area contributed by atoms with E-state index in [9.17, 15) is 9.90 Å². The molecule has 1 aromatic carbocycles. The molecule has 0 spiro atoms. The second-order valence-corrected chi connectivity index (χ2v) is 4.36. The summed E-state index contributed by atoms with van der Waals surface area (Å²) in [5.74, 6) is 0.687. The first-order chi connectivity index (χ1) is 8.58. The molecule has 0 aromatic heterocycles. The largest absolute Gasteiger partial charge is 0.504 e. The summed E-state index contributed by atoms with van der Waals surface area (Å²) < 4.78 is 5.04. The van der Waals surface area contributed by atoms with Gasteiger partial charge in [0.15, 0.2) is 11.5 Å². The fraction of sp³-hybridized carbons (Fsp3) is 0.500. The molecule has 0 radical (unpaired) electrons. The number of nitrogens with zero attached hydrogens (tertiary/aromatic N) is 1. The Morgan fingerprint density at radius 1 is 1.44 bits per heavy atom. The van der Waals surface area contributed by atoms with Gasteiger partial charge in [0, 0.05) is 20.0 Å². The van der Waals surface area contributed by atoms with E-state index in [-0.39, 0.29) is 11.7 Å². The van der Waals surface area contributed by atoms with E-state index >= 15 is 0 Å². The van der Waals surface area contributed by atoms with E-state index in [1.54, 1.807) is 30.1 Å². The molecule has 1 aromatic rings. The lowest BCUT2D eigenvalue weighted by Gasteiger charge is -2.17. The van der Waals surface area contributed by atoms with Gasteiger partial charge in [0.2, 0.25) is 5.91 Å². The van der Waals surface area contributed by atoms with Gasteiger partial charge in [-0.15, -0.1) is 0 Å². The third-order valence-corrected chi connectivity index (χ3v) is 2.83. The predicted octanol–water partition coefficient (Wildman–Crippen LogP) is 2.55. The quantitative estimate of drug-likeness (QED) is 0.845. The molecular weight excluding hydrogens is 230 g/mol. The van der Waals surface area contributed by atoms with Crippen LogP contribution in [0.15, 0.2) is 18.2 Å². The van der Waals surface area contributed by atoms with Crippen LogP contribution in [0, 0.1) is 0 Å². The summed E-state index contributed by atoms with van der Waals surface area (Å²) in [5, 5.41) is 9.49. The van der Waals surface area contributed by atoms with E-state index in [2.05, 4.69) is 6.92 Å². The highest BCUT2D eigenvalue weighted by molar-refractivity contribution is 5.75. The standard InChI is InChI=1S/C14H21NO3/c1-4-5-6-14(17)15(2)10-11-7-8-12(16)13(9-11)18-3/h7-9,16H,4-6,10H2,1-3H3. The van der Waals surface area contributed by atoms with Crippen molar-refractivity contribution in [3.05, 3.63) is 23.8 Å². The number of carbonyl (C=O) groups excluding carboxylic acids is 1. The zero-order valence-electron chi connectivity index (χ0n) is 11.3. The van der Waals surface area contributed by atoms with Crippen LogP contribution in [0.2, 0.25) is 0 Å². The van der Waals surface area contributed by atoms with Crippen molar-refractivity contribution in [2.45, 2.75) is 32.7 Å². The minimum Gasteiger partial charge on any atom is -0.504 e. The third kappa shape index (κ3) is 3.95. The Hall–Kier alpha value is -1.71. The first kappa shape index (κ1) is 14.4. The summed E-state index contributed by atoms with van der Waals surface area (Å²) >= 11 is 0. The molecule has 0 fully saturated rings. The van der Waals surface area contributed by atoms with Gasteiger partial charge in [-0.2, -0.15) is 0 Å². The molecule has 0 bridgehead atoms. The van der Waals surface area contributed by atoms with E-state index < -0.39 is 0 Å². The van der Waals surface area contributed by atoms with Gasteiger partial charge in [-0.05, 0) is 24.1 Å². The van der Waals surface area contributed by atoms with Gasteiger partial charge in [0.05, 0.1) is 7.11 Å². The Morgan fingerprint density at radius 3 is 2.78 bits per heavy atom. The van der Waals surface area contributed by atoms with Gasteiger partial charge in [-0.25, -0.2) is 0 Å². The van der Waals surface area contributed by atoms with Crippen molar-refractivity contribution in [3.8, 4) is 11.5 Å². The SMILES string of the molecule is CCCCC(=O)N(C)Cc1ccc(O)c(OC)c1. The molecule has 0 saturated carbocycles. The fourth-order valence-corrected chi connectivity index (χ4v) is 1.70. The summed E-state index contributed by atoms with van der Waals surface area (Å²) in [4.78, 5) is 13.5. The number of phenols is 1. The van der Waals surface area contributed by atoms with Gasteiger partial charge < -0.3 is 14.7 Å². The van der Waals surface area contributed by atoms with Crippen molar-refractivity contribution >= 4 is 5.91 Å². The normalized spacial score (nSPS) is 10.2. The molecule has 0 aliphatic heterocycles. The van der Waals surface area contributed by atoms with Crippen molar-refractivity contribution in [3.63, 3.8) is 0 Å². The summed E-state index contributed by atoms with van der Waals surface area (Å²) in [5.41, 5.74) is 0.942. The lowest BCUT2D eigenvalue weighted by Crippen LogP contribution is -2.25. The molecule has 4 nitrogen and oxygen atoms in total. The molecule has 0 saturated heterocycles. The Labute approximate surface area is 108 Å². The zero-order valence-corrected chi connectivity index (χ0v) is 11.3. The number of hydrogen-bond donors (Lipinski definition) is 1. The third-order valence-electron chi connectivity index (χ3n) is 2.83. The number of phenolic OH excluding ortho intramolecular Hbond substituents is 1. The molecule has 0 unspecified atom stereocenters. The van der Waals surface area contributed by atoms with E-state index in [0.29, 0.717) is 18.7 Å². The second-order valence-electron chi connectivity index (χ2n) is 4.36. The lowest BCUT2D eigenvalue weighted by atomic mass is 10.1. The van der Waals surface area contributed by atoms with Crippen molar-refractivity contribution < 1.29 is 14.6 Å². The molecular formula is C14H21NO3. The Bertz CT molecular complexity index is 404. The molecule has 0 aliphatic carbocycles. The van der Waals surface area contributed by atoms with Crippen LogP contribution in [-0.4, -0.2) is 30.1 Å². The average Bonchev–Trinajstić information content (AvgIpc) is 2.37. The van der Waals surface area contributed by atoms with Crippen LogP contribution in [-0.2, 0) is 11.3 Å². The Morgan fingerprint density at radius 2 is 2.17 bits per heavy atom. The minimum atomic E-state index is 0.112. The van der Waals surface area contributed by atoms with Gasteiger partial charge in [0.1, 0.15) is 0 Å². The number of rotatable bonds is 6. The minimum absolute atomic E-state index is 0.112. The maximum Gasteiger partial charge on any atom is 0.222 e.